The summed E-state index contributed by atoms with van der Waals surface area (Å²) >= 11 is 0. The van der Waals surface area contributed by atoms with E-state index in [1.54, 1.807) is 0 Å². The van der Waals surface area contributed by atoms with Gasteiger partial charge >= 0.3 is 0 Å². The van der Waals surface area contributed by atoms with Crippen molar-refractivity contribution in [3.63, 3.8) is 0 Å². The summed E-state index contributed by atoms with van der Waals surface area (Å²) in [7, 11) is 0. The maximum atomic E-state index is 10.1. The molecule has 4 heteroatoms. The molecule has 0 amide bonds. The predicted octanol–water partition coefficient (Wildman–Crippen LogP) is 6.70. The monoisotopic (exact) mass is 458 g/mol. The van der Waals surface area contributed by atoms with Gasteiger partial charge in [0.15, 0.2) is 0 Å². The van der Waals surface area contributed by atoms with E-state index in [9.17, 15) is 10.2 Å². The molecule has 0 saturated carbocycles. The van der Waals surface area contributed by atoms with Crippen LogP contribution in [-0.2, 0) is 13.2 Å². The van der Waals surface area contributed by atoms with Crippen LogP contribution in [0.25, 0.3) is 22.3 Å². The maximum absolute atomic E-state index is 10.1. The van der Waals surface area contributed by atoms with Crippen LogP contribution in [0.1, 0.15) is 38.8 Å². The molecule has 178 valence electrons. The summed E-state index contributed by atoms with van der Waals surface area (Å²) in [5.74, 6) is 1.58. The predicted molar refractivity (Wildman–Crippen MR) is 139 cm³/mol. The molecule has 0 aliphatic rings. The van der Waals surface area contributed by atoms with E-state index < -0.39 is 0 Å². The quantitative estimate of drug-likeness (QED) is 0.332. The zero-order valence-electron chi connectivity index (χ0n) is 20.5. The summed E-state index contributed by atoms with van der Waals surface area (Å²) in [5.41, 5.74) is 7.74. The standard InChI is InChI=1S/C30H34O4/c1-21(2)13-15-33-27-9-5-23(6-10-27)29-17-26(20-32)30(18-25(29)19-31)24-7-11-28(12-8-24)34-16-14-22(3)4/h5-14,17-18,31-32H,15-16,19-20H2,1-4H3. The number of hydrogen-bond acceptors (Lipinski definition) is 4. The Morgan fingerprint density at radius 1 is 0.618 bits per heavy atom. The second-order valence-electron chi connectivity index (χ2n) is 8.72. The van der Waals surface area contributed by atoms with Gasteiger partial charge in [0.2, 0.25) is 0 Å². The lowest BCUT2D eigenvalue weighted by molar-refractivity contribution is 0.279. The van der Waals surface area contributed by atoms with Gasteiger partial charge in [-0.1, -0.05) is 35.4 Å². The topological polar surface area (TPSA) is 58.9 Å². The number of ether oxygens (including phenoxy) is 2. The van der Waals surface area contributed by atoms with E-state index in [0.29, 0.717) is 13.2 Å². The van der Waals surface area contributed by atoms with Crippen LogP contribution in [0, 0.1) is 0 Å². The minimum Gasteiger partial charge on any atom is -0.490 e. The van der Waals surface area contributed by atoms with Gasteiger partial charge in [0.1, 0.15) is 24.7 Å². The number of hydrogen-bond donors (Lipinski definition) is 2. The van der Waals surface area contributed by atoms with Crippen molar-refractivity contribution in [1.29, 1.82) is 0 Å². The normalized spacial score (nSPS) is 10.5. The third-order valence-electron chi connectivity index (χ3n) is 5.48. The Bertz CT molecular complexity index is 1040. The van der Waals surface area contributed by atoms with E-state index in [0.717, 1.165) is 44.9 Å². The van der Waals surface area contributed by atoms with E-state index in [4.69, 9.17) is 9.47 Å². The lowest BCUT2D eigenvalue weighted by Crippen LogP contribution is -1.98. The highest BCUT2D eigenvalue weighted by Crippen LogP contribution is 2.34. The highest BCUT2D eigenvalue weighted by atomic mass is 16.5. The first kappa shape index (κ1) is 25.3. The van der Waals surface area contributed by atoms with E-state index >= 15 is 0 Å². The first-order chi connectivity index (χ1) is 16.4. The van der Waals surface area contributed by atoms with Gasteiger partial charge in [0.05, 0.1) is 13.2 Å². The van der Waals surface area contributed by atoms with Gasteiger partial charge in [0.25, 0.3) is 0 Å². The Kier molecular flexibility index (Phi) is 9.08. The molecule has 0 aromatic heterocycles. The molecule has 3 aromatic rings. The Balaban J connectivity index is 1.86. The van der Waals surface area contributed by atoms with Crippen LogP contribution in [0.3, 0.4) is 0 Å². The SMILES string of the molecule is CC(C)=CCOc1ccc(-c2cc(CO)c(-c3ccc(OCC=C(C)C)cc3)cc2CO)cc1. The van der Waals surface area contributed by atoms with Crippen molar-refractivity contribution in [1.82, 2.24) is 0 Å². The molecule has 3 aromatic carbocycles. The minimum absolute atomic E-state index is 0.100. The fraction of sp³-hybridized carbons (Fsp3) is 0.267. The summed E-state index contributed by atoms with van der Waals surface area (Å²) in [5, 5.41) is 20.2. The molecular formula is C30H34O4. The van der Waals surface area contributed by atoms with Crippen LogP contribution in [0.4, 0.5) is 0 Å². The molecule has 0 bridgehead atoms. The number of aliphatic hydroxyl groups excluding tert-OH is 2. The lowest BCUT2D eigenvalue weighted by atomic mass is 9.91. The molecule has 34 heavy (non-hydrogen) atoms. The molecule has 0 aliphatic carbocycles. The minimum atomic E-state index is -0.100. The van der Waals surface area contributed by atoms with Gasteiger partial charge < -0.3 is 19.7 Å². The summed E-state index contributed by atoms with van der Waals surface area (Å²) < 4.78 is 11.5. The van der Waals surface area contributed by atoms with E-state index in [2.05, 4.69) is 0 Å². The van der Waals surface area contributed by atoms with Gasteiger partial charge in [0, 0.05) is 0 Å². The average Bonchev–Trinajstić information content (AvgIpc) is 2.83. The Morgan fingerprint density at radius 3 is 1.26 bits per heavy atom. The number of rotatable bonds is 10. The molecular weight excluding hydrogens is 424 g/mol. The molecule has 0 spiro atoms. The van der Waals surface area contributed by atoms with Gasteiger partial charge in [-0.3, -0.25) is 0 Å². The van der Waals surface area contributed by atoms with Crippen LogP contribution in [0.2, 0.25) is 0 Å². The first-order valence-electron chi connectivity index (χ1n) is 11.5. The molecule has 2 N–H and O–H groups in total. The summed E-state index contributed by atoms with van der Waals surface area (Å²) in [4.78, 5) is 0. The van der Waals surface area contributed by atoms with Crippen molar-refractivity contribution in [2.45, 2.75) is 40.9 Å². The van der Waals surface area contributed by atoms with Crippen LogP contribution in [0.15, 0.2) is 84.0 Å². The molecule has 3 rings (SSSR count). The van der Waals surface area contributed by atoms with Crippen LogP contribution in [0.5, 0.6) is 11.5 Å². The van der Waals surface area contributed by atoms with E-state index in [-0.39, 0.29) is 13.2 Å². The molecule has 0 heterocycles. The van der Waals surface area contributed by atoms with Crippen molar-refractivity contribution in [2.24, 2.45) is 0 Å². The molecule has 0 unspecified atom stereocenters. The van der Waals surface area contributed by atoms with Crippen molar-refractivity contribution in [2.75, 3.05) is 13.2 Å². The second-order valence-corrected chi connectivity index (χ2v) is 8.72. The third kappa shape index (κ3) is 6.83. The van der Waals surface area contributed by atoms with Crippen molar-refractivity contribution >= 4 is 0 Å². The molecule has 0 fully saturated rings. The van der Waals surface area contributed by atoms with Crippen molar-refractivity contribution in [3.05, 3.63) is 95.1 Å². The second kappa shape index (κ2) is 12.2. The Morgan fingerprint density at radius 2 is 0.971 bits per heavy atom. The fourth-order valence-electron chi connectivity index (χ4n) is 3.56. The summed E-state index contributed by atoms with van der Waals surface area (Å²) in [6.45, 7) is 9.03. The van der Waals surface area contributed by atoms with Gasteiger partial charge in [-0.2, -0.15) is 0 Å². The Labute approximate surface area is 202 Å². The lowest BCUT2D eigenvalue weighted by Gasteiger charge is -2.16. The molecule has 0 radical (unpaired) electrons. The van der Waals surface area contributed by atoms with Crippen molar-refractivity contribution in [3.8, 4) is 33.8 Å². The highest BCUT2D eigenvalue weighted by Gasteiger charge is 2.13. The number of benzene rings is 3. The van der Waals surface area contributed by atoms with Crippen LogP contribution < -0.4 is 9.47 Å². The fourth-order valence-corrected chi connectivity index (χ4v) is 3.56. The van der Waals surface area contributed by atoms with Gasteiger partial charge in [-0.05, 0) is 110 Å². The summed E-state index contributed by atoms with van der Waals surface area (Å²) in [6, 6.07) is 19.5. The third-order valence-corrected chi connectivity index (χ3v) is 5.48. The molecule has 4 nitrogen and oxygen atoms in total. The smallest absolute Gasteiger partial charge is 0.119 e. The maximum Gasteiger partial charge on any atom is 0.119 e. The van der Waals surface area contributed by atoms with E-state index in [1.807, 2.05) is 101 Å². The van der Waals surface area contributed by atoms with Gasteiger partial charge in [-0.25, -0.2) is 0 Å². The largest absolute Gasteiger partial charge is 0.490 e. The molecule has 0 atom stereocenters. The average molecular weight is 459 g/mol. The Hall–Kier alpha value is -3.34. The van der Waals surface area contributed by atoms with Crippen molar-refractivity contribution < 1.29 is 19.7 Å². The van der Waals surface area contributed by atoms with Crippen LogP contribution in [-0.4, -0.2) is 23.4 Å². The van der Waals surface area contributed by atoms with Crippen LogP contribution >= 0.6 is 0 Å². The highest BCUT2D eigenvalue weighted by molar-refractivity contribution is 5.77. The van der Waals surface area contributed by atoms with E-state index in [1.165, 1.54) is 11.1 Å². The zero-order valence-corrected chi connectivity index (χ0v) is 20.5. The number of aliphatic hydroxyl groups is 2. The molecule has 0 saturated heterocycles. The zero-order chi connectivity index (χ0) is 24.5. The number of allylic oxidation sites excluding steroid dienone is 2. The summed E-state index contributed by atoms with van der Waals surface area (Å²) in [6.07, 6.45) is 4.07. The molecule has 0 aliphatic heterocycles. The first-order valence-corrected chi connectivity index (χ1v) is 11.5. The van der Waals surface area contributed by atoms with Gasteiger partial charge in [-0.15, -0.1) is 0 Å².